The first kappa shape index (κ1) is 12.8. The van der Waals surface area contributed by atoms with Gasteiger partial charge in [0.1, 0.15) is 12.7 Å². The SMILES string of the molecule is CCC(Nc1ccc(-n2cncn2)nc1)c1cccs1. The van der Waals surface area contributed by atoms with Crippen LogP contribution in [0.25, 0.3) is 5.82 Å². The Morgan fingerprint density at radius 2 is 2.30 bits per heavy atom. The van der Waals surface area contributed by atoms with Gasteiger partial charge in [0.15, 0.2) is 5.82 Å². The van der Waals surface area contributed by atoms with Crippen molar-refractivity contribution < 1.29 is 0 Å². The standard InChI is InChI=1S/C14H15N5S/c1-2-12(13-4-3-7-20-13)18-11-5-6-14(16-8-11)19-10-15-9-17-19/h3-10,12,18H,2H2,1H3. The van der Waals surface area contributed by atoms with E-state index in [1.807, 2.05) is 18.3 Å². The highest BCUT2D eigenvalue weighted by atomic mass is 32.1. The van der Waals surface area contributed by atoms with Crippen molar-refractivity contribution in [3.8, 4) is 5.82 Å². The van der Waals surface area contributed by atoms with Crippen molar-refractivity contribution in [2.24, 2.45) is 0 Å². The fraction of sp³-hybridized carbons (Fsp3) is 0.214. The molecular weight excluding hydrogens is 270 g/mol. The molecule has 3 aromatic rings. The zero-order valence-electron chi connectivity index (χ0n) is 11.1. The number of nitrogens with zero attached hydrogens (tertiary/aromatic N) is 4. The van der Waals surface area contributed by atoms with Crippen LogP contribution in [0.4, 0.5) is 5.69 Å². The minimum Gasteiger partial charge on any atom is -0.376 e. The topological polar surface area (TPSA) is 55.6 Å². The second kappa shape index (κ2) is 5.83. The van der Waals surface area contributed by atoms with E-state index in [0.717, 1.165) is 17.9 Å². The van der Waals surface area contributed by atoms with Crippen LogP contribution in [0, 0.1) is 0 Å². The summed E-state index contributed by atoms with van der Waals surface area (Å²) in [6, 6.07) is 8.51. The zero-order chi connectivity index (χ0) is 13.8. The van der Waals surface area contributed by atoms with Crippen molar-refractivity contribution in [1.82, 2.24) is 19.7 Å². The van der Waals surface area contributed by atoms with Gasteiger partial charge in [-0.05, 0) is 30.0 Å². The molecule has 0 aromatic carbocycles. The van der Waals surface area contributed by atoms with Crippen molar-refractivity contribution in [2.45, 2.75) is 19.4 Å². The molecule has 0 radical (unpaired) electrons. The number of nitrogens with one attached hydrogen (secondary N) is 1. The third-order valence-corrected chi connectivity index (χ3v) is 4.02. The van der Waals surface area contributed by atoms with Crippen LogP contribution in [0.5, 0.6) is 0 Å². The third kappa shape index (κ3) is 2.70. The molecular formula is C14H15N5S. The molecule has 3 aromatic heterocycles. The van der Waals surface area contributed by atoms with Crippen LogP contribution in [0.2, 0.25) is 0 Å². The van der Waals surface area contributed by atoms with Gasteiger partial charge in [-0.2, -0.15) is 5.10 Å². The third-order valence-electron chi connectivity index (χ3n) is 3.04. The molecule has 3 heterocycles. The van der Waals surface area contributed by atoms with Gasteiger partial charge >= 0.3 is 0 Å². The molecule has 1 atom stereocenters. The van der Waals surface area contributed by atoms with E-state index in [4.69, 9.17) is 0 Å². The number of rotatable bonds is 5. The quantitative estimate of drug-likeness (QED) is 0.781. The number of aromatic nitrogens is 4. The Balaban J connectivity index is 1.75. The summed E-state index contributed by atoms with van der Waals surface area (Å²) in [5, 5.41) is 9.67. The molecule has 1 N–H and O–H groups in total. The average Bonchev–Trinajstić information content (AvgIpc) is 3.18. The molecule has 0 aliphatic heterocycles. The first-order chi connectivity index (χ1) is 9.86. The van der Waals surface area contributed by atoms with E-state index in [1.165, 1.54) is 11.2 Å². The molecule has 102 valence electrons. The first-order valence-electron chi connectivity index (χ1n) is 6.48. The number of pyridine rings is 1. The molecule has 0 saturated carbocycles. The Morgan fingerprint density at radius 1 is 1.35 bits per heavy atom. The summed E-state index contributed by atoms with van der Waals surface area (Å²) in [6.45, 7) is 2.18. The van der Waals surface area contributed by atoms with Crippen molar-refractivity contribution in [3.63, 3.8) is 0 Å². The van der Waals surface area contributed by atoms with E-state index in [9.17, 15) is 0 Å². The lowest BCUT2D eigenvalue weighted by atomic mass is 10.2. The normalized spacial score (nSPS) is 12.2. The minimum atomic E-state index is 0.328. The van der Waals surface area contributed by atoms with Crippen LogP contribution >= 0.6 is 11.3 Å². The Kier molecular flexibility index (Phi) is 3.73. The van der Waals surface area contributed by atoms with Crippen LogP contribution in [0.1, 0.15) is 24.3 Å². The minimum absolute atomic E-state index is 0.328. The number of hydrogen-bond acceptors (Lipinski definition) is 5. The van der Waals surface area contributed by atoms with Gasteiger partial charge in [0, 0.05) is 4.88 Å². The second-order valence-corrected chi connectivity index (χ2v) is 5.34. The van der Waals surface area contributed by atoms with Gasteiger partial charge in [0.25, 0.3) is 0 Å². The highest BCUT2D eigenvalue weighted by molar-refractivity contribution is 7.10. The highest BCUT2D eigenvalue weighted by Crippen LogP contribution is 2.25. The molecule has 0 aliphatic carbocycles. The van der Waals surface area contributed by atoms with Gasteiger partial charge in [-0.15, -0.1) is 11.3 Å². The highest BCUT2D eigenvalue weighted by Gasteiger charge is 2.10. The summed E-state index contributed by atoms with van der Waals surface area (Å²) < 4.78 is 1.64. The maximum atomic E-state index is 4.39. The predicted octanol–water partition coefficient (Wildman–Crippen LogP) is 3.29. The van der Waals surface area contributed by atoms with Crippen LogP contribution in [0.3, 0.4) is 0 Å². The molecule has 5 nitrogen and oxygen atoms in total. The molecule has 6 heteroatoms. The number of hydrogen-bond donors (Lipinski definition) is 1. The molecule has 0 amide bonds. The van der Waals surface area contributed by atoms with Gasteiger partial charge in [0.2, 0.25) is 0 Å². The first-order valence-corrected chi connectivity index (χ1v) is 7.36. The lowest BCUT2D eigenvalue weighted by molar-refractivity contribution is 0.762. The van der Waals surface area contributed by atoms with Crippen molar-refractivity contribution in [3.05, 3.63) is 53.4 Å². The maximum Gasteiger partial charge on any atom is 0.155 e. The van der Waals surface area contributed by atoms with E-state index in [-0.39, 0.29) is 0 Å². The van der Waals surface area contributed by atoms with E-state index in [1.54, 1.807) is 22.3 Å². The Morgan fingerprint density at radius 3 is 2.90 bits per heavy atom. The average molecular weight is 285 g/mol. The van der Waals surface area contributed by atoms with Crippen LogP contribution in [-0.2, 0) is 0 Å². The summed E-state index contributed by atoms with van der Waals surface area (Å²) >= 11 is 1.77. The molecule has 1 unspecified atom stereocenters. The zero-order valence-corrected chi connectivity index (χ0v) is 11.9. The summed E-state index contributed by atoms with van der Waals surface area (Å²) in [5.41, 5.74) is 1.01. The van der Waals surface area contributed by atoms with Gasteiger partial charge in [-0.25, -0.2) is 14.6 Å². The lowest BCUT2D eigenvalue weighted by Gasteiger charge is -2.16. The molecule has 0 aliphatic rings. The predicted molar refractivity (Wildman–Crippen MR) is 80.1 cm³/mol. The van der Waals surface area contributed by atoms with Gasteiger partial charge in [-0.1, -0.05) is 13.0 Å². The number of thiophene rings is 1. The molecule has 0 saturated heterocycles. The van der Waals surface area contributed by atoms with Crippen LogP contribution in [-0.4, -0.2) is 19.7 Å². The van der Waals surface area contributed by atoms with E-state index in [2.05, 4.69) is 44.8 Å². The molecule has 20 heavy (non-hydrogen) atoms. The fourth-order valence-corrected chi connectivity index (χ4v) is 2.86. The smallest absolute Gasteiger partial charge is 0.155 e. The van der Waals surface area contributed by atoms with Crippen molar-refractivity contribution in [1.29, 1.82) is 0 Å². The lowest BCUT2D eigenvalue weighted by Crippen LogP contribution is -2.08. The molecule has 3 rings (SSSR count). The molecule has 0 fully saturated rings. The Labute approximate surface area is 121 Å². The summed E-state index contributed by atoms with van der Waals surface area (Å²) in [7, 11) is 0. The summed E-state index contributed by atoms with van der Waals surface area (Å²) in [6.07, 6.45) is 5.99. The van der Waals surface area contributed by atoms with E-state index in [0.29, 0.717) is 6.04 Å². The monoisotopic (exact) mass is 285 g/mol. The molecule has 0 bridgehead atoms. The second-order valence-electron chi connectivity index (χ2n) is 4.37. The number of anilines is 1. The van der Waals surface area contributed by atoms with E-state index >= 15 is 0 Å². The maximum absolute atomic E-state index is 4.39. The van der Waals surface area contributed by atoms with Gasteiger partial charge in [0.05, 0.1) is 17.9 Å². The Hall–Kier alpha value is -2.21. The molecule has 0 spiro atoms. The van der Waals surface area contributed by atoms with Crippen LogP contribution in [0.15, 0.2) is 48.5 Å². The Bertz CT molecular complexity index is 631. The van der Waals surface area contributed by atoms with Crippen molar-refractivity contribution >= 4 is 17.0 Å². The van der Waals surface area contributed by atoms with Gasteiger partial charge < -0.3 is 5.32 Å². The summed E-state index contributed by atoms with van der Waals surface area (Å²) in [5.74, 6) is 0.761. The largest absolute Gasteiger partial charge is 0.376 e. The van der Waals surface area contributed by atoms with Crippen molar-refractivity contribution in [2.75, 3.05) is 5.32 Å². The van der Waals surface area contributed by atoms with Gasteiger partial charge in [-0.3, -0.25) is 0 Å². The fourth-order valence-electron chi connectivity index (χ4n) is 2.00. The van der Waals surface area contributed by atoms with E-state index < -0.39 is 0 Å². The summed E-state index contributed by atoms with van der Waals surface area (Å²) in [4.78, 5) is 9.65. The van der Waals surface area contributed by atoms with Crippen LogP contribution < -0.4 is 5.32 Å².